The molecule has 0 bridgehead atoms. The van der Waals surface area contributed by atoms with Crippen molar-refractivity contribution in [2.24, 2.45) is 11.8 Å². The fourth-order valence-corrected chi connectivity index (χ4v) is 4.52. The Morgan fingerprint density at radius 1 is 1.31 bits per heavy atom. The van der Waals surface area contributed by atoms with E-state index in [2.05, 4.69) is 24.9 Å². The third-order valence-corrected chi connectivity index (χ3v) is 6.04. The number of nitrogens with zero attached hydrogens (tertiary/aromatic N) is 1. The van der Waals surface area contributed by atoms with Crippen LogP contribution in [0, 0.1) is 11.8 Å². The van der Waals surface area contributed by atoms with Crippen LogP contribution in [-0.2, 0) is 28.5 Å². The van der Waals surface area contributed by atoms with Crippen LogP contribution >= 0.6 is 0 Å². The van der Waals surface area contributed by atoms with Crippen LogP contribution < -0.4 is 0 Å². The van der Waals surface area contributed by atoms with Crippen molar-refractivity contribution in [3.63, 3.8) is 0 Å². The molecule has 29 heavy (non-hydrogen) atoms. The largest absolute Gasteiger partial charge is 0.498 e. The predicted octanol–water partition coefficient (Wildman–Crippen LogP) is 2.93. The summed E-state index contributed by atoms with van der Waals surface area (Å²) in [5.74, 6) is 2.10. The van der Waals surface area contributed by atoms with E-state index < -0.39 is 5.97 Å². The van der Waals surface area contributed by atoms with Gasteiger partial charge in [-0.3, -0.25) is 9.69 Å². The second-order valence-electron chi connectivity index (χ2n) is 7.79. The van der Waals surface area contributed by atoms with E-state index in [1.165, 1.54) is 0 Å². The van der Waals surface area contributed by atoms with Crippen molar-refractivity contribution in [2.45, 2.75) is 51.6 Å². The SMILES string of the molecule is CCOC(=O)COC1=C(OC)CCC(N(C)C2CC(=O)OC3=CC=CC(C)C32)C1. The van der Waals surface area contributed by atoms with Crippen molar-refractivity contribution >= 4 is 11.9 Å². The van der Waals surface area contributed by atoms with Crippen LogP contribution in [0.5, 0.6) is 0 Å². The maximum Gasteiger partial charge on any atom is 0.344 e. The molecule has 1 heterocycles. The minimum absolute atomic E-state index is 0.0582. The van der Waals surface area contributed by atoms with Gasteiger partial charge in [0.1, 0.15) is 17.3 Å². The van der Waals surface area contributed by atoms with Crippen LogP contribution in [0.4, 0.5) is 0 Å². The second-order valence-corrected chi connectivity index (χ2v) is 7.79. The van der Waals surface area contributed by atoms with Gasteiger partial charge in [0.15, 0.2) is 6.61 Å². The van der Waals surface area contributed by atoms with Crippen LogP contribution in [0.1, 0.15) is 39.5 Å². The van der Waals surface area contributed by atoms with Crippen molar-refractivity contribution in [1.82, 2.24) is 4.90 Å². The molecule has 1 fully saturated rings. The number of fused-ring (bicyclic) bond motifs is 1. The molecule has 0 aromatic carbocycles. The van der Waals surface area contributed by atoms with Crippen molar-refractivity contribution in [3.8, 4) is 0 Å². The maximum absolute atomic E-state index is 12.2. The van der Waals surface area contributed by atoms with Gasteiger partial charge in [-0.05, 0) is 32.4 Å². The zero-order chi connectivity index (χ0) is 21.0. The summed E-state index contributed by atoms with van der Waals surface area (Å²) >= 11 is 0. The highest BCUT2D eigenvalue weighted by Gasteiger charge is 2.43. The normalized spacial score (nSPS) is 29.1. The highest BCUT2D eigenvalue weighted by molar-refractivity contribution is 5.73. The van der Waals surface area contributed by atoms with Crippen LogP contribution in [0.3, 0.4) is 0 Å². The lowest BCUT2D eigenvalue weighted by atomic mass is 9.78. The molecule has 3 rings (SSSR count). The summed E-state index contributed by atoms with van der Waals surface area (Å²) in [5, 5.41) is 0. The van der Waals surface area contributed by atoms with E-state index in [4.69, 9.17) is 18.9 Å². The number of esters is 2. The molecule has 4 unspecified atom stereocenters. The van der Waals surface area contributed by atoms with Crippen LogP contribution in [-0.4, -0.2) is 56.3 Å². The molecule has 7 nitrogen and oxygen atoms in total. The number of hydrogen-bond acceptors (Lipinski definition) is 7. The van der Waals surface area contributed by atoms with E-state index in [9.17, 15) is 9.59 Å². The first-order valence-electron chi connectivity index (χ1n) is 10.3. The number of allylic oxidation sites excluding steroid dienone is 4. The van der Waals surface area contributed by atoms with Crippen LogP contribution in [0.15, 0.2) is 35.5 Å². The summed E-state index contributed by atoms with van der Waals surface area (Å²) in [4.78, 5) is 26.2. The molecule has 2 aliphatic carbocycles. The van der Waals surface area contributed by atoms with Crippen LogP contribution in [0.2, 0.25) is 0 Å². The summed E-state index contributed by atoms with van der Waals surface area (Å²) < 4.78 is 21.7. The van der Waals surface area contributed by atoms with Gasteiger partial charge in [-0.15, -0.1) is 0 Å². The Morgan fingerprint density at radius 2 is 2.10 bits per heavy atom. The number of ether oxygens (including phenoxy) is 4. The average Bonchev–Trinajstić information content (AvgIpc) is 2.71. The molecule has 4 atom stereocenters. The first-order chi connectivity index (χ1) is 13.9. The lowest BCUT2D eigenvalue weighted by Gasteiger charge is -2.45. The molecular weight excluding hydrogens is 374 g/mol. The Balaban J connectivity index is 1.72. The Labute approximate surface area is 172 Å². The molecule has 160 valence electrons. The van der Waals surface area contributed by atoms with E-state index in [1.54, 1.807) is 14.0 Å². The Hall–Kier alpha value is -2.28. The summed E-state index contributed by atoms with van der Waals surface area (Å²) in [6, 6.07) is 0.240. The first kappa shape index (κ1) is 21.4. The fraction of sp³-hybridized carbons (Fsp3) is 0.636. The maximum atomic E-state index is 12.2. The number of carbonyl (C=O) groups is 2. The zero-order valence-corrected chi connectivity index (χ0v) is 17.7. The Kier molecular flexibility index (Phi) is 7.00. The lowest BCUT2D eigenvalue weighted by molar-refractivity contribution is -0.149. The number of hydrogen-bond donors (Lipinski definition) is 0. The van der Waals surface area contributed by atoms with Gasteiger partial charge >= 0.3 is 11.9 Å². The molecule has 0 aromatic rings. The standard InChI is InChI=1S/C22H31NO6/c1-5-27-21(25)13-28-19-11-15(9-10-17(19)26-4)23(3)16-12-20(24)29-18-8-6-7-14(2)22(16)18/h6-8,14-16,22H,5,9-13H2,1-4H3. The molecule has 1 saturated heterocycles. The van der Waals surface area contributed by atoms with Crippen molar-refractivity contribution in [2.75, 3.05) is 27.4 Å². The summed E-state index contributed by atoms with van der Waals surface area (Å²) in [6.45, 7) is 4.12. The van der Waals surface area contributed by atoms with Crippen molar-refractivity contribution in [1.29, 1.82) is 0 Å². The molecule has 3 aliphatic rings. The highest BCUT2D eigenvalue weighted by atomic mass is 16.6. The number of rotatable bonds is 7. The molecule has 0 aromatic heterocycles. The minimum atomic E-state index is -0.390. The van der Waals surface area contributed by atoms with Gasteiger partial charge in [0.25, 0.3) is 0 Å². The number of carbonyl (C=O) groups excluding carboxylic acids is 2. The molecule has 0 saturated carbocycles. The monoisotopic (exact) mass is 405 g/mol. The van der Waals surface area contributed by atoms with Gasteiger partial charge < -0.3 is 18.9 Å². The van der Waals surface area contributed by atoms with Gasteiger partial charge in [-0.25, -0.2) is 4.79 Å². The predicted molar refractivity (Wildman–Crippen MR) is 106 cm³/mol. The highest BCUT2D eigenvalue weighted by Crippen LogP contribution is 2.40. The van der Waals surface area contributed by atoms with E-state index in [0.717, 1.165) is 24.4 Å². The molecule has 0 radical (unpaired) electrons. The molecule has 1 aliphatic heterocycles. The summed E-state index contributed by atoms with van der Waals surface area (Å²) in [7, 11) is 3.69. The van der Waals surface area contributed by atoms with Crippen molar-refractivity contribution < 1.29 is 28.5 Å². The topological polar surface area (TPSA) is 74.3 Å². The third kappa shape index (κ3) is 4.83. The molecule has 7 heteroatoms. The summed E-state index contributed by atoms with van der Waals surface area (Å²) in [5.41, 5.74) is 0. The fourth-order valence-electron chi connectivity index (χ4n) is 4.52. The zero-order valence-electron chi connectivity index (χ0n) is 17.7. The molecular formula is C22H31NO6. The molecule has 0 N–H and O–H groups in total. The van der Waals surface area contributed by atoms with E-state index in [-0.39, 0.29) is 30.6 Å². The van der Waals surface area contributed by atoms with Gasteiger partial charge in [0.2, 0.25) is 0 Å². The van der Waals surface area contributed by atoms with E-state index in [1.807, 2.05) is 12.2 Å². The van der Waals surface area contributed by atoms with Crippen LogP contribution in [0.25, 0.3) is 0 Å². The van der Waals surface area contributed by atoms with Gasteiger partial charge in [-0.1, -0.05) is 19.1 Å². The molecule has 0 spiro atoms. The van der Waals surface area contributed by atoms with Gasteiger partial charge in [0.05, 0.1) is 20.1 Å². The van der Waals surface area contributed by atoms with Gasteiger partial charge in [-0.2, -0.15) is 0 Å². The minimum Gasteiger partial charge on any atom is -0.498 e. The van der Waals surface area contributed by atoms with E-state index in [0.29, 0.717) is 31.1 Å². The summed E-state index contributed by atoms with van der Waals surface area (Å²) in [6.07, 6.45) is 8.64. The first-order valence-corrected chi connectivity index (χ1v) is 10.3. The Bertz CT molecular complexity index is 725. The van der Waals surface area contributed by atoms with E-state index >= 15 is 0 Å². The smallest absolute Gasteiger partial charge is 0.344 e. The Morgan fingerprint density at radius 3 is 2.83 bits per heavy atom. The lowest BCUT2D eigenvalue weighted by Crippen LogP contribution is -2.51. The third-order valence-electron chi connectivity index (χ3n) is 6.04. The molecule has 0 amide bonds. The van der Waals surface area contributed by atoms with Crippen molar-refractivity contribution in [3.05, 3.63) is 35.5 Å². The average molecular weight is 405 g/mol. The van der Waals surface area contributed by atoms with Gasteiger partial charge in [0, 0.05) is 30.8 Å². The number of methoxy groups -OCH3 is 1. The quantitative estimate of drug-likeness (QED) is 0.603. The second kappa shape index (κ2) is 9.48.